The van der Waals surface area contributed by atoms with Gasteiger partial charge < -0.3 is 15.0 Å². The fourth-order valence-corrected chi connectivity index (χ4v) is 3.08. The number of pyridine rings is 1. The molecule has 29 heavy (non-hydrogen) atoms. The van der Waals surface area contributed by atoms with Crippen LogP contribution in [0.25, 0.3) is 10.9 Å². The number of carbonyl (C=O) groups excluding carboxylic acids is 2. The van der Waals surface area contributed by atoms with Crippen LogP contribution < -0.4 is 10.1 Å². The summed E-state index contributed by atoms with van der Waals surface area (Å²) in [5, 5.41) is 3.79. The van der Waals surface area contributed by atoms with Gasteiger partial charge in [0.25, 0.3) is 11.8 Å². The van der Waals surface area contributed by atoms with E-state index in [1.54, 1.807) is 38.4 Å². The zero-order chi connectivity index (χ0) is 20.4. The van der Waals surface area contributed by atoms with E-state index in [0.717, 1.165) is 29.4 Å². The number of hydrogen-bond acceptors (Lipinski definition) is 4. The number of rotatable bonds is 6. The van der Waals surface area contributed by atoms with Gasteiger partial charge in [-0.3, -0.25) is 14.6 Å². The fraction of sp³-hybridized carbons (Fsp3) is 0.261. The quantitative estimate of drug-likeness (QED) is 0.695. The van der Waals surface area contributed by atoms with E-state index in [1.165, 1.54) is 4.90 Å². The zero-order valence-electron chi connectivity index (χ0n) is 16.5. The summed E-state index contributed by atoms with van der Waals surface area (Å²) in [5.41, 5.74) is 3.13. The van der Waals surface area contributed by atoms with Crippen molar-refractivity contribution < 1.29 is 14.3 Å². The van der Waals surface area contributed by atoms with Crippen LogP contribution in [-0.4, -0.2) is 42.4 Å². The van der Waals surface area contributed by atoms with Crippen molar-refractivity contribution in [1.82, 2.24) is 9.88 Å². The smallest absolute Gasteiger partial charge is 0.259 e. The molecule has 1 aliphatic rings. The lowest BCUT2D eigenvalue weighted by atomic mass is 10.1. The number of benzene rings is 2. The Bertz CT molecular complexity index is 1060. The second-order valence-electron chi connectivity index (χ2n) is 7.44. The summed E-state index contributed by atoms with van der Waals surface area (Å²) in [6, 6.07) is 16.6. The Hall–Kier alpha value is -3.41. The van der Waals surface area contributed by atoms with Crippen LogP contribution in [0.2, 0.25) is 0 Å². The first-order valence-corrected chi connectivity index (χ1v) is 9.65. The van der Waals surface area contributed by atoms with Gasteiger partial charge in [-0.2, -0.15) is 0 Å². The van der Waals surface area contributed by atoms with Crippen LogP contribution >= 0.6 is 0 Å². The second kappa shape index (κ2) is 7.91. The van der Waals surface area contributed by atoms with Crippen molar-refractivity contribution in [2.24, 2.45) is 0 Å². The summed E-state index contributed by atoms with van der Waals surface area (Å²) >= 11 is 0. The molecule has 0 atom stereocenters. The third-order valence-electron chi connectivity index (χ3n) is 4.95. The van der Waals surface area contributed by atoms with Gasteiger partial charge in [0.2, 0.25) is 0 Å². The van der Waals surface area contributed by atoms with Crippen molar-refractivity contribution in [2.75, 3.05) is 26.0 Å². The monoisotopic (exact) mass is 389 g/mol. The highest BCUT2D eigenvalue weighted by Crippen LogP contribution is 2.40. The van der Waals surface area contributed by atoms with Crippen molar-refractivity contribution in [3.63, 3.8) is 0 Å². The first kappa shape index (κ1) is 18.9. The van der Waals surface area contributed by atoms with Crippen LogP contribution in [0, 0.1) is 0 Å². The molecule has 2 amide bonds. The summed E-state index contributed by atoms with van der Waals surface area (Å²) in [7, 11) is 3.36. The van der Waals surface area contributed by atoms with Crippen LogP contribution in [0.4, 0.5) is 5.69 Å². The summed E-state index contributed by atoms with van der Waals surface area (Å²) in [5.74, 6) is 0.761. The summed E-state index contributed by atoms with van der Waals surface area (Å²) in [4.78, 5) is 30.8. The molecular weight excluding hydrogens is 366 g/mol. The number of aromatic nitrogens is 1. The largest absolute Gasteiger partial charge is 0.484 e. The molecule has 0 spiro atoms. The molecule has 0 aliphatic heterocycles. The molecule has 1 N–H and O–H groups in total. The number of ether oxygens (including phenoxy) is 1. The molecule has 1 heterocycles. The Kier molecular flexibility index (Phi) is 5.16. The Morgan fingerprint density at radius 2 is 1.83 bits per heavy atom. The van der Waals surface area contributed by atoms with Gasteiger partial charge in [-0.25, -0.2) is 0 Å². The van der Waals surface area contributed by atoms with Crippen LogP contribution in [0.1, 0.15) is 34.8 Å². The number of amides is 2. The summed E-state index contributed by atoms with van der Waals surface area (Å²) in [6.45, 7) is -0.0222. The van der Waals surface area contributed by atoms with E-state index in [-0.39, 0.29) is 18.4 Å². The number of para-hydroxylation sites is 1. The first-order valence-electron chi connectivity index (χ1n) is 9.65. The van der Waals surface area contributed by atoms with Gasteiger partial charge in [-0.1, -0.05) is 18.2 Å². The minimum atomic E-state index is -0.165. The third kappa shape index (κ3) is 4.37. The van der Waals surface area contributed by atoms with E-state index < -0.39 is 0 Å². The average Bonchev–Trinajstić information content (AvgIpc) is 3.57. The maximum atomic E-state index is 13.0. The van der Waals surface area contributed by atoms with Crippen molar-refractivity contribution >= 4 is 28.4 Å². The fourth-order valence-electron chi connectivity index (χ4n) is 3.08. The second-order valence-corrected chi connectivity index (χ2v) is 7.44. The lowest BCUT2D eigenvalue weighted by Crippen LogP contribution is -2.27. The standard InChI is InChI=1S/C23H23N3O3/c1-26(2)22(27)14-29-17-11-9-16(10-12-17)24-23(28)19-13-21(15-7-8-15)25-20-6-4-3-5-18(19)20/h3-6,9-13,15H,7-8,14H2,1-2H3,(H,24,28). The number of fused-ring (bicyclic) bond motifs is 1. The van der Waals surface area contributed by atoms with E-state index in [9.17, 15) is 9.59 Å². The molecule has 4 rings (SSSR count). The van der Waals surface area contributed by atoms with Crippen LogP contribution in [-0.2, 0) is 4.79 Å². The molecule has 148 valence electrons. The van der Waals surface area contributed by atoms with Gasteiger partial charge in [0, 0.05) is 36.8 Å². The number of likely N-dealkylation sites (N-methyl/N-ethyl adjacent to an activating group) is 1. The van der Waals surface area contributed by atoms with Crippen LogP contribution in [0.15, 0.2) is 54.6 Å². The normalized spacial score (nSPS) is 13.2. The molecule has 1 saturated carbocycles. The molecule has 0 radical (unpaired) electrons. The number of hydrogen-bond donors (Lipinski definition) is 1. The van der Waals surface area contributed by atoms with E-state index >= 15 is 0 Å². The predicted octanol–water partition coefficient (Wildman–Crippen LogP) is 3.83. The van der Waals surface area contributed by atoms with Gasteiger partial charge in [-0.15, -0.1) is 0 Å². The van der Waals surface area contributed by atoms with Crippen LogP contribution in [0.5, 0.6) is 5.75 Å². The number of nitrogens with zero attached hydrogens (tertiary/aromatic N) is 2. The molecule has 0 bridgehead atoms. The van der Waals surface area contributed by atoms with E-state index in [4.69, 9.17) is 9.72 Å². The molecule has 6 heteroatoms. The Morgan fingerprint density at radius 1 is 1.10 bits per heavy atom. The van der Waals surface area contributed by atoms with Gasteiger partial charge in [0.1, 0.15) is 5.75 Å². The van der Waals surface area contributed by atoms with Crippen LogP contribution in [0.3, 0.4) is 0 Å². The molecule has 1 aromatic heterocycles. The van der Waals surface area contributed by atoms with Gasteiger partial charge >= 0.3 is 0 Å². The average molecular weight is 389 g/mol. The molecule has 0 saturated heterocycles. The number of anilines is 1. The zero-order valence-corrected chi connectivity index (χ0v) is 16.5. The lowest BCUT2D eigenvalue weighted by Gasteiger charge is -2.12. The third-order valence-corrected chi connectivity index (χ3v) is 4.95. The minimum Gasteiger partial charge on any atom is -0.484 e. The van der Waals surface area contributed by atoms with Crippen molar-refractivity contribution in [3.8, 4) is 5.75 Å². The lowest BCUT2D eigenvalue weighted by molar-refractivity contribution is -0.130. The van der Waals surface area contributed by atoms with Gasteiger partial charge in [-0.05, 0) is 49.2 Å². The van der Waals surface area contributed by atoms with Crippen molar-refractivity contribution in [2.45, 2.75) is 18.8 Å². The SMILES string of the molecule is CN(C)C(=O)COc1ccc(NC(=O)c2cc(C3CC3)nc3ccccc23)cc1. The van der Waals surface area contributed by atoms with Gasteiger partial charge in [0.15, 0.2) is 6.61 Å². The molecular formula is C23H23N3O3. The summed E-state index contributed by atoms with van der Waals surface area (Å²) < 4.78 is 5.47. The molecule has 6 nitrogen and oxygen atoms in total. The summed E-state index contributed by atoms with van der Waals surface area (Å²) in [6.07, 6.45) is 2.26. The highest BCUT2D eigenvalue weighted by molar-refractivity contribution is 6.12. The highest BCUT2D eigenvalue weighted by Gasteiger charge is 2.27. The molecule has 3 aromatic rings. The Morgan fingerprint density at radius 3 is 2.52 bits per heavy atom. The molecule has 0 unspecified atom stereocenters. The van der Waals surface area contributed by atoms with E-state index in [0.29, 0.717) is 22.9 Å². The number of nitrogens with one attached hydrogen (secondary N) is 1. The maximum absolute atomic E-state index is 13.0. The topological polar surface area (TPSA) is 71.5 Å². The molecule has 1 aliphatic carbocycles. The predicted molar refractivity (Wildman–Crippen MR) is 112 cm³/mol. The van der Waals surface area contributed by atoms with E-state index in [2.05, 4.69) is 5.32 Å². The highest BCUT2D eigenvalue weighted by atomic mass is 16.5. The van der Waals surface area contributed by atoms with E-state index in [1.807, 2.05) is 30.3 Å². The minimum absolute atomic E-state index is 0.0222. The first-order chi connectivity index (χ1) is 14.0. The van der Waals surface area contributed by atoms with Crippen molar-refractivity contribution in [1.29, 1.82) is 0 Å². The molecule has 2 aromatic carbocycles. The van der Waals surface area contributed by atoms with Crippen molar-refractivity contribution in [3.05, 3.63) is 65.9 Å². The Balaban J connectivity index is 1.50. The molecule has 1 fully saturated rings. The number of carbonyl (C=O) groups is 2. The Labute approximate surface area is 169 Å². The maximum Gasteiger partial charge on any atom is 0.259 e. The van der Waals surface area contributed by atoms with Gasteiger partial charge in [0.05, 0.1) is 11.1 Å².